The summed E-state index contributed by atoms with van der Waals surface area (Å²) >= 11 is 7.06. The maximum atomic E-state index is 10.7. The average Bonchev–Trinajstić information content (AvgIpc) is 3.03. The van der Waals surface area contributed by atoms with E-state index in [0.717, 1.165) is 62.4 Å². The molecule has 0 saturated carbocycles. The van der Waals surface area contributed by atoms with E-state index in [1.165, 1.54) is 11.1 Å². The van der Waals surface area contributed by atoms with E-state index in [9.17, 15) is 5.11 Å². The number of aliphatic hydroxyl groups is 2. The Balaban J connectivity index is 0.000000205. The van der Waals surface area contributed by atoms with E-state index in [-0.39, 0.29) is 12.7 Å². The van der Waals surface area contributed by atoms with E-state index in [1.807, 2.05) is 66.5 Å². The van der Waals surface area contributed by atoms with Crippen molar-refractivity contribution in [3.8, 4) is 11.5 Å². The van der Waals surface area contributed by atoms with Crippen molar-refractivity contribution in [1.82, 2.24) is 9.80 Å². The van der Waals surface area contributed by atoms with Gasteiger partial charge in [-0.1, -0.05) is 68.3 Å². The molecule has 0 radical (unpaired) electrons. The minimum absolute atomic E-state index is 0.0253. The number of rotatable bonds is 9. The van der Waals surface area contributed by atoms with Gasteiger partial charge < -0.3 is 24.4 Å². The van der Waals surface area contributed by atoms with Gasteiger partial charge in [0.05, 0.1) is 27.4 Å². The van der Waals surface area contributed by atoms with Gasteiger partial charge >= 0.3 is 0 Å². The minimum atomic E-state index is -0.702. The van der Waals surface area contributed by atoms with Crippen LogP contribution < -0.4 is 9.47 Å². The molecule has 0 amide bonds. The van der Waals surface area contributed by atoms with Gasteiger partial charge in [-0.2, -0.15) is 0 Å². The van der Waals surface area contributed by atoms with Crippen LogP contribution in [0.3, 0.4) is 0 Å². The molecule has 1 aliphatic heterocycles. The predicted octanol–water partition coefficient (Wildman–Crippen LogP) is 6.97. The molecule has 240 valence electrons. The van der Waals surface area contributed by atoms with E-state index >= 15 is 0 Å². The van der Waals surface area contributed by atoms with Crippen LogP contribution in [0.25, 0.3) is 0 Å². The normalized spacial score (nSPS) is 15.7. The Morgan fingerprint density at radius 2 is 1.53 bits per heavy atom. The largest absolute Gasteiger partial charge is 0.497 e. The number of methoxy groups -OCH3 is 2. The first kappa shape index (κ1) is 35.1. The molecule has 1 aliphatic rings. The number of hydrogen-bond acceptors (Lipinski definition) is 7. The number of fused-ring (bicyclic) bond motifs is 1. The lowest BCUT2D eigenvalue weighted by Gasteiger charge is -2.28. The summed E-state index contributed by atoms with van der Waals surface area (Å²) < 4.78 is 18.7. The van der Waals surface area contributed by atoms with Gasteiger partial charge in [-0.15, -0.1) is 0 Å². The second-order valence-electron chi connectivity index (χ2n) is 11.1. The van der Waals surface area contributed by atoms with Gasteiger partial charge in [0.15, 0.2) is 0 Å². The average molecular weight is 743 g/mol. The van der Waals surface area contributed by atoms with Crippen molar-refractivity contribution < 1.29 is 24.4 Å². The highest BCUT2D eigenvalue weighted by molar-refractivity contribution is 9.10. The lowest BCUT2D eigenvalue weighted by molar-refractivity contribution is 0.0553. The van der Waals surface area contributed by atoms with Crippen molar-refractivity contribution in [2.45, 2.75) is 25.3 Å². The van der Waals surface area contributed by atoms with E-state index < -0.39 is 6.10 Å². The number of ether oxygens (including phenoxy) is 3. The number of hydrogen-bond donors (Lipinski definition) is 2. The molecule has 45 heavy (non-hydrogen) atoms. The molecular formula is C36H42Br2N2O5. The van der Waals surface area contributed by atoms with Crippen molar-refractivity contribution in [3.05, 3.63) is 127 Å². The van der Waals surface area contributed by atoms with Crippen LogP contribution in [0.2, 0.25) is 0 Å². The summed E-state index contributed by atoms with van der Waals surface area (Å²) in [4.78, 5) is 4.31. The van der Waals surface area contributed by atoms with Gasteiger partial charge in [-0.25, -0.2) is 0 Å². The van der Waals surface area contributed by atoms with Crippen LogP contribution in [0.1, 0.15) is 45.6 Å². The summed E-state index contributed by atoms with van der Waals surface area (Å²) in [6.45, 7) is 3.94. The first-order valence-electron chi connectivity index (χ1n) is 14.8. The summed E-state index contributed by atoms with van der Waals surface area (Å²) in [5.41, 5.74) is 6.41. The smallest absolute Gasteiger partial charge is 0.118 e. The molecule has 0 bridgehead atoms. The van der Waals surface area contributed by atoms with Crippen LogP contribution >= 0.6 is 31.9 Å². The zero-order valence-corrected chi connectivity index (χ0v) is 29.4. The highest BCUT2D eigenvalue weighted by Gasteiger charge is 2.22. The zero-order chi connectivity index (χ0) is 32.3. The molecule has 4 aromatic rings. The monoisotopic (exact) mass is 740 g/mol. The Morgan fingerprint density at radius 1 is 0.911 bits per heavy atom. The molecular weight excluding hydrogens is 700 g/mol. The van der Waals surface area contributed by atoms with E-state index in [4.69, 9.17) is 19.3 Å². The van der Waals surface area contributed by atoms with Crippen LogP contribution in [0, 0.1) is 0 Å². The van der Waals surface area contributed by atoms with Crippen molar-refractivity contribution in [3.63, 3.8) is 0 Å². The third kappa shape index (κ3) is 9.86. The standard InChI is InChI=1S/C18H22BrNO3.C18H20BrNO2/c1-20(9-10-21)12-14-11-15(19)5-8-17(14)18(22)13-3-6-16(23-2)7-4-13;1-20-9-10-22-18(13-3-6-16(21-2)7-4-13)17-8-5-15(19)11-14(17)12-20/h3-8,11,18,21-22H,9-10,12H2,1-2H3;3-8,11,18H,9-10,12H2,1-2H3. The molecule has 0 aromatic heterocycles. The maximum Gasteiger partial charge on any atom is 0.118 e. The van der Waals surface area contributed by atoms with E-state index in [1.54, 1.807) is 14.2 Å². The molecule has 2 unspecified atom stereocenters. The molecule has 0 fully saturated rings. The number of benzene rings is 4. The zero-order valence-electron chi connectivity index (χ0n) is 26.2. The third-order valence-electron chi connectivity index (χ3n) is 7.76. The first-order chi connectivity index (χ1) is 21.7. The second-order valence-corrected chi connectivity index (χ2v) is 12.9. The fourth-order valence-electron chi connectivity index (χ4n) is 5.29. The summed E-state index contributed by atoms with van der Waals surface area (Å²) in [6.07, 6.45) is -0.728. The van der Waals surface area contributed by atoms with Crippen LogP contribution in [0.15, 0.2) is 93.9 Å². The molecule has 2 atom stereocenters. The number of nitrogens with zero attached hydrogens (tertiary/aromatic N) is 2. The van der Waals surface area contributed by atoms with Crippen LogP contribution in [0.4, 0.5) is 0 Å². The first-order valence-corrected chi connectivity index (χ1v) is 16.4. The molecule has 0 aliphatic carbocycles. The lowest BCUT2D eigenvalue weighted by Crippen LogP contribution is -2.27. The number of halogens is 2. The highest BCUT2D eigenvalue weighted by Crippen LogP contribution is 2.33. The minimum Gasteiger partial charge on any atom is -0.497 e. The van der Waals surface area contributed by atoms with Gasteiger partial charge in [0.2, 0.25) is 0 Å². The van der Waals surface area contributed by atoms with Crippen molar-refractivity contribution >= 4 is 31.9 Å². The lowest BCUT2D eigenvalue weighted by atomic mass is 9.95. The van der Waals surface area contributed by atoms with Gasteiger partial charge in [0, 0.05) is 35.1 Å². The summed E-state index contributed by atoms with van der Waals surface area (Å²) in [7, 11) is 7.38. The molecule has 1 heterocycles. The van der Waals surface area contributed by atoms with E-state index in [0.29, 0.717) is 13.1 Å². The summed E-state index contributed by atoms with van der Waals surface area (Å²) in [5.74, 6) is 1.63. The van der Waals surface area contributed by atoms with Gasteiger partial charge in [-0.3, -0.25) is 9.80 Å². The fraction of sp³-hybridized carbons (Fsp3) is 0.333. The fourth-order valence-corrected chi connectivity index (χ4v) is 6.11. The molecule has 2 N–H and O–H groups in total. The quantitative estimate of drug-likeness (QED) is 0.192. The van der Waals surface area contributed by atoms with Crippen molar-refractivity contribution in [2.75, 3.05) is 54.6 Å². The molecule has 9 heteroatoms. The van der Waals surface area contributed by atoms with Gasteiger partial charge in [0.1, 0.15) is 23.7 Å². The molecule has 0 spiro atoms. The number of aliphatic hydroxyl groups excluding tert-OH is 2. The van der Waals surface area contributed by atoms with Crippen molar-refractivity contribution in [1.29, 1.82) is 0 Å². The van der Waals surface area contributed by atoms with Crippen molar-refractivity contribution in [2.24, 2.45) is 0 Å². The Hall–Kier alpha value is -2.76. The molecule has 7 nitrogen and oxygen atoms in total. The maximum absolute atomic E-state index is 10.7. The van der Waals surface area contributed by atoms with Gasteiger partial charge in [-0.05, 0) is 96.0 Å². The van der Waals surface area contributed by atoms with Gasteiger partial charge in [0.25, 0.3) is 0 Å². The Bertz CT molecular complexity index is 1500. The SMILES string of the molecule is COc1ccc(C(O)c2ccc(Br)cc2CN(C)CCO)cc1.COc1ccc(C2OCCN(C)Cc3cc(Br)ccc32)cc1. The Kier molecular flexibility index (Phi) is 13.4. The summed E-state index contributed by atoms with van der Waals surface area (Å²) in [6, 6.07) is 27.9. The Labute approximate surface area is 283 Å². The van der Waals surface area contributed by atoms with Crippen LogP contribution in [-0.2, 0) is 17.8 Å². The Morgan fingerprint density at radius 3 is 2.18 bits per heavy atom. The third-order valence-corrected chi connectivity index (χ3v) is 8.74. The van der Waals surface area contributed by atoms with Crippen LogP contribution in [-0.4, -0.2) is 74.6 Å². The second kappa shape index (κ2) is 17.2. The highest BCUT2D eigenvalue weighted by atomic mass is 79.9. The van der Waals surface area contributed by atoms with Crippen LogP contribution in [0.5, 0.6) is 11.5 Å². The number of likely N-dealkylation sites (N-methyl/N-ethyl adjacent to an activating group) is 2. The molecule has 0 saturated heterocycles. The molecule has 4 aromatic carbocycles. The molecule has 5 rings (SSSR count). The van der Waals surface area contributed by atoms with E-state index in [2.05, 4.69) is 74.1 Å². The predicted molar refractivity (Wildman–Crippen MR) is 186 cm³/mol. The topological polar surface area (TPSA) is 74.6 Å². The summed E-state index contributed by atoms with van der Waals surface area (Å²) in [5, 5.41) is 19.8.